The Morgan fingerprint density at radius 3 is 1.67 bits per heavy atom. The van der Waals surface area contributed by atoms with Crippen molar-refractivity contribution in [3.05, 3.63) is 0 Å². The van der Waals surface area contributed by atoms with Crippen LogP contribution in [-0.2, 0) is 9.59 Å². The largest absolute Gasteiger partial charge is 2.00 e. The van der Waals surface area contributed by atoms with Crippen LogP contribution >= 0.6 is 0 Å². The first-order valence-electron chi connectivity index (χ1n) is 3.58. The fourth-order valence-corrected chi connectivity index (χ4v) is 1.55. The first-order chi connectivity index (χ1) is 5.13. The van der Waals surface area contributed by atoms with E-state index in [2.05, 4.69) is 0 Å². The van der Waals surface area contributed by atoms with Crippen molar-refractivity contribution in [2.45, 2.75) is 19.3 Å². The Kier molecular flexibility index (Phi) is 5.13. The minimum Gasteiger partial charge on any atom is -1.00 e. The molecule has 0 aromatic carbocycles. The summed E-state index contributed by atoms with van der Waals surface area (Å²) >= 11 is 0. The molecule has 0 aromatic rings. The molecule has 0 amide bonds. The van der Waals surface area contributed by atoms with Crippen LogP contribution in [-0.4, -0.2) is 59.9 Å². The zero-order chi connectivity index (χ0) is 8.43. The van der Waals surface area contributed by atoms with Gasteiger partial charge in [-0.2, -0.15) is 0 Å². The quantitative estimate of drug-likeness (QED) is 0.633. The van der Waals surface area contributed by atoms with E-state index in [0.29, 0.717) is 19.3 Å². The molecule has 5 heteroatoms. The number of hydrogen-bond acceptors (Lipinski definition) is 2. The van der Waals surface area contributed by atoms with Gasteiger partial charge in [0.05, 0.1) is 11.8 Å². The average Bonchev–Trinajstić information content (AvgIpc) is 2.32. The van der Waals surface area contributed by atoms with Gasteiger partial charge < -0.3 is 13.1 Å². The number of carboxylic acid groups (broad SMARTS) is 2. The standard InChI is InChI=1S/C7H10O4.Ca.2H/c8-6(9)4-2-1-3-5(4)7(10)11;;;/h4-5H,1-3H2,(H,8,9)(H,10,11);;;/q;+2;2*-1. The van der Waals surface area contributed by atoms with E-state index in [0.717, 1.165) is 0 Å². The van der Waals surface area contributed by atoms with Gasteiger partial charge in [-0.15, -0.1) is 0 Å². The molecule has 2 atom stereocenters. The van der Waals surface area contributed by atoms with Gasteiger partial charge in [-0.3, -0.25) is 9.59 Å². The van der Waals surface area contributed by atoms with Crippen LogP contribution in [0.15, 0.2) is 0 Å². The summed E-state index contributed by atoms with van der Waals surface area (Å²) in [7, 11) is 0. The van der Waals surface area contributed by atoms with Crippen LogP contribution < -0.4 is 0 Å². The topological polar surface area (TPSA) is 74.6 Å². The fraction of sp³-hybridized carbons (Fsp3) is 0.714. The smallest absolute Gasteiger partial charge is 1.00 e. The third-order valence-electron chi connectivity index (χ3n) is 2.15. The van der Waals surface area contributed by atoms with Gasteiger partial charge in [0.1, 0.15) is 0 Å². The zero-order valence-electron chi connectivity index (χ0n) is 8.69. The molecule has 0 aliphatic heterocycles. The van der Waals surface area contributed by atoms with Gasteiger partial charge >= 0.3 is 49.7 Å². The first kappa shape index (κ1) is 12.2. The molecule has 66 valence electrons. The Bertz CT molecular complexity index is 180. The minimum atomic E-state index is -0.977. The molecule has 1 aliphatic rings. The number of aliphatic carboxylic acids is 2. The van der Waals surface area contributed by atoms with Crippen molar-refractivity contribution in [3.63, 3.8) is 0 Å². The van der Waals surface area contributed by atoms with Gasteiger partial charge in [-0.1, -0.05) is 6.42 Å². The zero-order valence-corrected chi connectivity index (χ0v) is 8.90. The number of carboxylic acids is 2. The Balaban J connectivity index is -0.000000403. The third-order valence-corrected chi connectivity index (χ3v) is 2.15. The number of carbonyl (C=O) groups is 2. The maximum absolute atomic E-state index is 10.5. The van der Waals surface area contributed by atoms with Crippen molar-refractivity contribution >= 4 is 49.7 Å². The van der Waals surface area contributed by atoms with Crippen molar-refractivity contribution in [2.24, 2.45) is 11.8 Å². The molecule has 0 bridgehead atoms. The van der Waals surface area contributed by atoms with Gasteiger partial charge in [0.15, 0.2) is 0 Å². The summed E-state index contributed by atoms with van der Waals surface area (Å²) in [4.78, 5) is 20.9. The molecule has 2 unspecified atom stereocenters. The molecular formula is C7H12CaO4. The number of hydrogen-bond donors (Lipinski definition) is 2. The summed E-state index contributed by atoms with van der Waals surface area (Å²) in [5.41, 5.74) is 0. The Hall–Kier alpha value is 0.200. The van der Waals surface area contributed by atoms with Crippen molar-refractivity contribution in [1.82, 2.24) is 0 Å². The molecule has 4 nitrogen and oxygen atoms in total. The maximum atomic E-state index is 10.5. The molecule has 0 heterocycles. The van der Waals surface area contributed by atoms with Crippen molar-refractivity contribution in [2.75, 3.05) is 0 Å². The van der Waals surface area contributed by atoms with Crippen LogP contribution in [0.1, 0.15) is 22.1 Å². The molecule has 0 saturated heterocycles. The van der Waals surface area contributed by atoms with E-state index >= 15 is 0 Å². The molecular weight excluding hydrogens is 188 g/mol. The van der Waals surface area contributed by atoms with E-state index in [9.17, 15) is 9.59 Å². The predicted octanol–water partition coefficient (Wildman–Crippen LogP) is 0.416. The second-order valence-electron chi connectivity index (χ2n) is 2.82. The van der Waals surface area contributed by atoms with Crippen molar-refractivity contribution in [1.29, 1.82) is 0 Å². The summed E-state index contributed by atoms with van der Waals surface area (Å²) < 4.78 is 0. The van der Waals surface area contributed by atoms with Gasteiger partial charge in [-0.05, 0) is 12.8 Å². The van der Waals surface area contributed by atoms with E-state index in [4.69, 9.17) is 10.2 Å². The Morgan fingerprint density at radius 2 is 1.42 bits per heavy atom. The van der Waals surface area contributed by atoms with Crippen LogP contribution in [0, 0.1) is 11.8 Å². The summed E-state index contributed by atoms with van der Waals surface area (Å²) in [6.45, 7) is 0. The van der Waals surface area contributed by atoms with E-state index in [1.807, 2.05) is 0 Å². The Labute approximate surface area is 103 Å². The van der Waals surface area contributed by atoms with Gasteiger partial charge in [0.2, 0.25) is 0 Å². The van der Waals surface area contributed by atoms with Crippen molar-refractivity contribution < 1.29 is 22.7 Å². The summed E-state index contributed by atoms with van der Waals surface area (Å²) in [6.07, 6.45) is 1.73. The van der Waals surface area contributed by atoms with Crippen LogP contribution in [0.2, 0.25) is 0 Å². The third kappa shape index (κ3) is 2.61. The molecule has 2 N–H and O–H groups in total. The molecule has 1 fully saturated rings. The molecule has 0 spiro atoms. The van der Waals surface area contributed by atoms with Crippen LogP contribution in [0.3, 0.4) is 0 Å². The molecule has 12 heavy (non-hydrogen) atoms. The van der Waals surface area contributed by atoms with Crippen LogP contribution in [0.5, 0.6) is 0 Å². The summed E-state index contributed by atoms with van der Waals surface area (Å²) in [5, 5.41) is 17.1. The van der Waals surface area contributed by atoms with Gasteiger partial charge in [0, 0.05) is 0 Å². The van der Waals surface area contributed by atoms with E-state index < -0.39 is 23.8 Å². The van der Waals surface area contributed by atoms with Crippen LogP contribution in [0.25, 0.3) is 0 Å². The van der Waals surface area contributed by atoms with Crippen molar-refractivity contribution in [3.8, 4) is 0 Å². The molecule has 1 saturated carbocycles. The number of rotatable bonds is 2. The fourth-order valence-electron chi connectivity index (χ4n) is 1.55. The Morgan fingerprint density at radius 1 is 1.08 bits per heavy atom. The minimum absolute atomic E-state index is 0. The molecule has 1 aliphatic carbocycles. The molecule has 1 rings (SSSR count). The predicted molar refractivity (Wildman–Crippen MR) is 44.1 cm³/mol. The van der Waals surface area contributed by atoms with Crippen LogP contribution in [0.4, 0.5) is 0 Å². The molecule has 0 aromatic heterocycles. The second kappa shape index (κ2) is 5.04. The van der Waals surface area contributed by atoms with E-state index in [1.165, 1.54) is 0 Å². The normalized spacial score (nSPS) is 27.7. The summed E-state index contributed by atoms with van der Waals surface area (Å²) in [5.74, 6) is -3.27. The monoisotopic (exact) mass is 200 g/mol. The van der Waals surface area contributed by atoms with Gasteiger partial charge in [-0.25, -0.2) is 0 Å². The summed E-state index contributed by atoms with van der Waals surface area (Å²) in [6, 6.07) is 0. The first-order valence-corrected chi connectivity index (χ1v) is 3.58. The van der Waals surface area contributed by atoms with Gasteiger partial charge in [0.25, 0.3) is 0 Å². The average molecular weight is 200 g/mol. The van der Waals surface area contributed by atoms with E-state index in [1.54, 1.807) is 0 Å². The van der Waals surface area contributed by atoms with E-state index in [-0.39, 0.29) is 40.6 Å². The SMILES string of the molecule is O=C(O)C1CCCC1C(=O)O.[Ca+2].[H-].[H-]. The second-order valence-corrected chi connectivity index (χ2v) is 2.82. The maximum Gasteiger partial charge on any atom is 2.00 e. The molecule has 0 radical (unpaired) electrons.